The highest BCUT2D eigenvalue weighted by atomic mass is 15.3. The maximum Gasteiger partial charge on any atom is 0.194 e. The summed E-state index contributed by atoms with van der Waals surface area (Å²) in [7, 11) is 4.16. The molecule has 0 saturated heterocycles. The largest absolute Gasteiger partial charge is 0.357 e. The fourth-order valence-electron chi connectivity index (χ4n) is 2.61. The second-order valence-electron chi connectivity index (χ2n) is 5.94. The lowest BCUT2D eigenvalue weighted by atomic mass is 10.1. The molecule has 4 heteroatoms. The molecule has 0 spiro atoms. The lowest BCUT2D eigenvalue weighted by Gasteiger charge is -2.22. The quantitative estimate of drug-likeness (QED) is 0.657. The summed E-state index contributed by atoms with van der Waals surface area (Å²) in [6.45, 7) is 6.75. The second-order valence-corrected chi connectivity index (χ2v) is 5.94. The van der Waals surface area contributed by atoms with Crippen LogP contribution < -0.4 is 5.32 Å². The summed E-state index contributed by atoms with van der Waals surface area (Å²) in [4.78, 5) is 6.95. The van der Waals surface area contributed by atoms with Gasteiger partial charge in [0.25, 0.3) is 0 Å². The van der Waals surface area contributed by atoms with Crippen molar-refractivity contribution in [3.05, 3.63) is 59.4 Å². The molecule has 0 amide bonds. The zero-order chi connectivity index (χ0) is 16.7. The van der Waals surface area contributed by atoms with Gasteiger partial charge in [0, 0.05) is 39.1 Å². The fraction of sp³-hybridized carbons (Fsp3) is 0.421. The molecule has 0 aliphatic carbocycles. The van der Waals surface area contributed by atoms with Crippen molar-refractivity contribution in [3.8, 4) is 0 Å². The molecule has 1 aromatic carbocycles. The van der Waals surface area contributed by atoms with Crippen molar-refractivity contribution in [1.29, 1.82) is 0 Å². The van der Waals surface area contributed by atoms with E-state index in [0.29, 0.717) is 0 Å². The normalized spacial score (nSPS) is 11.6. The van der Waals surface area contributed by atoms with E-state index in [4.69, 9.17) is 4.99 Å². The first-order valence-electron chi connectivity index (χ1n) is 8.25. The van der Waals surface area contributed by atoms with Gasteiger partial charge >= 0.3 is 0 Å². The third-order valence-electron chi connectivity index (χ3n) is 3.89. The third-order valence-corrected chi connectivity index (χ3v) is 3.89. The number of benzene rings is 1. The number of aliphatic imine (C=N–C) groups is 1. The van der Waals surface area contributed by atoms with E-state index in [1.807, 2.05) is 0 Å². The topological polar surface area (TPSA) is 32.6 Å². The van der Waals surface area contributed by atoms with E-state index < -0.39 is 0 Å². The Morgan fingerprint density at radius 1 is 1.26 bits per heavy atom. The number of hydrogen-bond acceptors (Lipinski definition) is 1. The number of aromatic nitrogens is 1. The smallest absolute Gasteiger partial charge is 0.194 e. The van der Waals surface area contributed by atoms with Gasteiger partial charge in [-0.05, 0) is 38.0 Å². The van der Waals surface area contributed by atoms with Crippen LogP contribution in [0.1, 0.15) is 23.7 Å². The van der Waals surface area contributed by atoms with Crippen LogP contribution in [0.5, 0.6) is 0 Å². The number of rotatable bonds is 6. The number of aryl methyl sites for hydroxylation is 2. The second kappa shape index (κ2) is 8.42. The number of nitrogens with one attached hydrogen (secondary N) is 1. The maximum absolute atomic E-state index is 4.77. The molecular formula is C19H28N4. The van der Waals surface area contributed by atoms with Crippen LogP contribution in [0.2, 0.25) is 0 Å². The molecule has 1 heterocycles. The lowest BCUT2D eigenvalue weighted by Crippen LogP contribution is -2.39. The first kappa shape index (κ1) is 17.1. The van der Waals surface area contributed by atoms with Crippen LogP contribution >= 0.6 is 0 Å². The van der Waals surface area contributed by atoms with Gasteiger partial charge in [-0.15, -0.1) is 0 Å². The Balaban J connectivity index is 1.97. The minimum Gasteiger partial charge on any atom is -0.357 e. The Bertz CT molecular complexity index is 642. The van der Waals surface area contributed by atoms with Gasteiger partial charge in [0.15, 0.2) is 5.96 Å². The standard InChI is InChI=1S/C19H28N4/c1-5-20-19(23(4)15-18-10-7-13-22(18)3)21-12-11-17-9-6-8-16(2)14-17/h6-10,13-14H,5,11-12,15H2,1-4H3,(H,20,21). The summed E-state index contributed by atoms with van der Waals surface area (Å²) in [5, 5.41) is 3.38. The molecule has 0 saturated carbocycles. The molecule has 124 valence electrons. The van der Waals surface area contributed by atoms with E-state index >= 15 is 0 Å². The summed E-state index contributed by atoms with van der Waals surface area (Å²) in [5.74, 6) is 0.960. The monoisotopic (exact) mass is 312 g/mol. The van der Waals surface area contributed by atoms with E-state index in [0.717, 1.165) is 32.0 Å². The Kier molecular flexibility index (Phi) is 6.27. The van der Waals surface area contributed by atoms with Crippen molar-refractivity contribution in [2.45, 2.75) is 26.8 Å². The molecule has 1 aromatic heterocycles. The average Bonchev–Trinajstić information content (AvgIpc) is 2.91. The molecule has 0 aliphatic rings. The molecule has 23 heavy (non-hydrogen) atoms. The predicted octanol–water partition coefficient (Wildman–Crippen LogP) is 2.97. The van der Waals surface area contributed by atoms with Crippen LogP contribution in [-0.4, -0.2) is 35.6 Å². The first-order valence-corrected chi connectivity index (χ1v) is 8.25. The molecular weight excluding hydrogens is 284 g/mol. The van der Waals surface area contributed by atoms with Crippen molar-refractivity contribution < 1.29 is 0 Å². The molecule has 1 N–H and O–H groups in total. The van der Waals surface area contributed by atoms with Gasteiger partial charge in [0.1, 0.15) is 0 Å². The van der Waals surface area contributed by atoms with E-state index in [1.165, 1.54) is 16.8 Å². The number of guanidine groups is 1. The van der Waals surface area contributed by atoms with Gasteiger partial charge in [-0.3, -0.25) is 4.99 Å². The number of nitrogens with zero attached hydrogens (tertiary/aromatic N) is 3. The molecule has 2 aromatic rings. The third kappa shape index (κ3) is 5.16. The van der Waals surface area contributed by atoms with Crippen LogP contribution in [0.15, 0.2) is 47.6 Å². The van der Waals surface area contributed by atoms with E-state index in [-0.39, 0.29) is 0 Å². The fourth-order valence-corrected chi connectivity index (χ4v) is 2.61. The Morgan fingerprint density at radius 2 is 2.09 bits per heavy atom. The Labute approximate surface area is 139 Å². The van der Waals surface area contributed by atoms with Crippen molar-refractivity contribution in [2.24, 2.45) is 12.0 Å². The van der Waals surface area contributed by atoms with Crippen molar-refractivity contribution in [2.75, 3.05) is 20.1 Å². The molecule has 0 aliphatic heterocycles. The molecule has 0 bridgehead atoms. The van der Waals surface area contributed by atoms with Crippen LogP contribution in [0.4, 0.5) is 0 Å². The summed E-state index contributed by atoms with van der Waals surface area (Å²) in [5.41, 5.74) is 3.92. The van der Waals surface area contributed by atoms with Gasteiger partial charge in [0.2, 0.25) is 0 Å². The van der Waals surface area contributed by atoms with Gasteiger partial charge in [-0.25, -0.2) is 0 Å². The first-order chi connectivity index (χ1) is 11.1. The zero-order valence-corrected chi connectivity index (χ0v) is 14.7. The molecule has 0 unspecified atom stereocenters. The predicted molar refractivity (Wildman–Crippen MR) is 97.7 cm³/mol. The Hall–Kier alpha value is -2.23. The summed E-state index contributed by atoms with van der Waals surface area (Å²) in [6.07, 6.45) is 3.04. The highest BCUT2D eigenvalue weighted by Crippen LogP contribution is 2.06. The lowest BCUT2D eigenvalue weighted by molar-refractivity contribution is 0.462. The van der Waals surface area contributed by atoms with Crippen molar-refractivity contribution >= 4 is 5.96 Å². The molecule has 0 fully saturated rings. The van der Waals surface area contributed by atoms with E-state index in [1.54, 1.807) is 0 Å². The highest BCUT2D eigenvalue weighted by molar-refractivity contribution is 5.79. The van der Waals surface area contributed by atoms with E-state index in [2.05, 4.69) is 85.3 Å². The van der Waals surface area contributed by atoms with Crippen molar-refractivity contribution in [3.63, 3.8) is 0 Å². The molecule has 0 atom stereocenters. The summed E-state index contributed by atoms with van der Waals surface area (Å²) < 4.78 is 2.15. The molecule has 0 radical (unpaired) electrons. The maximum atomic E-state index is 4.77. The van der Waals surface area contributed by atoms with Crippen LogP contribution in [0.3, 0.4) is 0 Å². The van der Waals surface area contributed by atoms with Gasteiger partial charge < -0.3 is 14.8 Å². The minimum atomic E-state index is 0.795. The minimum absolute atomic E-state index is 0.795. The van der Waals surface area contributed by atoms with Gasteiger partial charge in [0.05, 0.1) is 6.54 Å². The summed E-state index contributed by atoms with van der Waals surface area (Å²) in [6, 6.07) is 12.9. The zero-order valence-electron chi connectivity index (χ0n) is 14.7. The van der Waals surface area contributed by atoms with Crippen LogP contribution in [0.25, 0.3) is 0 Å². The van der Waals surface area contributed by atoms with E-state index in [9.17, 15) is 0 Å². The number of hydrogen-bond donors (Lipinski definition) is 1. The van der Waals surface area contributed by atoms with Crippen LogP contribution in [0, 0.1) is 6.92 Å². The molecule has 4 nitrogen and oxygen atoms in total. The van der Waals surface area contributed by atoms with Gasteiger partial charge in [-0.2, -0.15) is 0 Å². The summed E-state index contributed by atoms with van der Waals surface area (Å²) >= 11 is 0. The molecule has 2 rings (SSSR count). The van der Waals surface area contributed by atoms with Gasteiger partial charge in [-0.1, -0.05) is 29.8 Å². The SMILES string of the molecule is CCNC(=NCCc1cccc(C)c1)N(C)Cc1cccn1C. The van der Waals surface area contributed by atoms with Crippen molar-refractivity contribution in [1.82, 2.24) is 14.8 Å². The Morgan fingerprint density at radius 3 is 2.74 bits per heavy atom. The van der Waals surface area contributed by atoms with Crippen LogP contribution in [-0.2, 0) is 20.0 Å². The average molecular weight is 312 g/mol. The highest BCUT2D eigenvalue weighted by Gasteiger charge is 2.08.